The standard InChI is InChI=1S/C28H33N3O4S/c1-5-6-18-29-28(33)24-12-7-8-13-25(24)30-27(32)23-16-14-22(15-17-23)19-31(36(4,34)35)26-20(2)10-9-11-21(26)3/h7-17H,5-6,18-19H2,1-4H3,(H,29,33)(H,30,32). The Labute approximate surface area is 213 Å². The van der Waals surface area contributed by atoms with E-state index in [-0.39, 0.29) is 18.4 Å². The van der Waals surface area contributed by atoms with Gasteiger partial charge in [-0.3, -0.25) is 13.9 Å². The van der Waals surface area contributed by atoms with Gasteiger partial charge in [0.25, 0.3) is 11.8 Å². The van der Waals surface area contributed by atoms with Crippen molar-refractivity contribution in [2.45, 2.75) is 40.2 Å². The molecule has 0 aliphatic carbocycles. The van der Waals surface area contributed by atoms with Crippen LogP contribution in [-0.2, 0) is 16.6 Å². The van der Waals surface area contributed by atoms with Gasteiger partial charge in [-0.15, -0.1) is 0 Å². The van der Waals surface area contributed by atoms with Crippen LogP contribution in [0.2, 0.25) is 0 Å². The van der Waals surface area contributed by atoms with Crippen LogP contribution in [-0.4, -0.2) is 33.0 Å². The highest BCUT2D eigenvalue weighted by atomic mass is 32.2. The molecule has 2 N–H and O–H groups in total. The number of hydrogen-bond acceptors (Lipinski definition) is 4. The first-order valence-corrected chi connectivity index (χ1v) is 13.8. The molecule has 0 fully saturated rings. The number of sulfonamides is 1. The van der Waals surface area contributed by atoms with E-state index in [0.29, 0.717) is 29.0 Å². The maximum atomic E-state index is 12.9. The number of anilines is 2. The van der Waals surface area contributed by atoms with E-state index in [1.807, 2.05) is 39.0 Å². The lowest BCUT2D eigenvalue weighted by atomic mass is 10.1. The second kappa shape index (κ2) is 11.9. The zero-order chi connectivity index (χ0) is 26.3. The number of para-hydroxylation sites is 2. The number of nitrogens with one attached hydrogen (secondary N) is 2. The largest absolute Gasteiger partial charge is 0.352 e. The Hall–Kier alpha value is -3.65. The van der Waals surface area contributed by atoms with Crippen LogP contribution < -0.4 is 14.9 Å². The first-order valence-electron chi connectivity index (χ1n) is 11.9. The third-order valence-corrected chi connectivity index (χ3v) is 6.98. The topological polar surface area (TPSA) is 95.6 Å². The average Bonchev–Trinajstić information content (AvgIpc) is 2.83. The summed E-state index contributed by atoms with van der Waals surface area (Å²) in [6.45, 7) is 6.54. The quantitative estimate of drug-likeness (QED) is 0.375. The molecular formula is C28H33N3O4S. The summed E-state index contributed by atoms with van der Waals surface area (Å²) in [5.74, 6) is -0.591. The predicted octanol–water partition coefficient (Wildman–Crippen LogP) is 5.05. The molecule has 0 aliphatic rings. The van der Waals surface area contributed by atoms with Gasteiger partial charge in [0, 0.05) is 12.1 Å². The molecule has 0 heterocycles. The van der Waals surface area contributed by atoms with Crippen LogP contribution in [0.25, 0.3) is 0 Å². The van der Waals surface area contributed by atoms with Crippen molar-refractivity contribution in [2.24, 2.45) is 0 Å². The number of rotatable bonds is 10. The highest BCUT2D eigenvalue weighted by molar-refractivity contribution is 7.92. The first kappa shape index (κ1) is 26.9. The number of amides is 2. The number of hydrogen-bond donors (Lipinski definition) is 2. The number of unbranched alkanes of at least 4 members (excludes halogenated alkanes) is 1. The number of benzene rings is 3. The summed E-state index contributed by atoms with van der Waals surface area (Å²) in [4.78, 5) is 25.4. The van der Waals surface area contributed by atoms with Crippen molar-refractivity contribution in [2.75, 3.05) is 22.4 Å². The fourth-order valence-corrected chi connectivity index (χ4v) is 4.95. The Morgan fingerprint density at radius 3 is 2.11 bits per heavy atom. The minimum absolute atomic E-state index is 0.146. The Kier molecular flexibility index (Phi) is 8.88. The zero-order valence-corrected chi connectivity index (χ0v) is 22.0. The van der Waals surface area contributed by atoms with Gasteiger partial charge in [0.2, 0.25) is 10.0 Å². The molecule has 36 heavy (non-hydrogen) atoms. The van der Waals surface area contributed by atoms with Gasteiger partial charge in [-0.05, 0) is 61.2 Å². The normalized spacial score (nSPS) is 11.1. The van der Waals surface area contributed by atoms with Gasteiger partial charge >= 0.3 is 0 Å². The molecular weight excluding hydrogens is 474 g/mol. The third-order valence-electron chi connectivity index (χ3n) is 5.87. The van der Waals surface area contributed by atoms with E-state index in [2.05, 4.69) is 10.6 Å². The molecule has 3 rings (SSSR count). The minimum atomic E-state index is -3.53. The predicted molar refractivity (Wildman–Crippen MR) is 145 cm³/mol. The van der Waals surface area contributed by atoms with E-state index in [0.717, 1.165) is 29.5 Å². The van der Waals surface area contributed by atoms with E-state index < -0.39 is 10.0 Å². The van der Waals surface area contributed by atoms with Gasteiger partial charge in [-0.2, -0.15) is 0 Å². The molecule has 7 nitrogen and oxygen atoms in total. The summed E-state index contributed by atoms with van der Waals surface area (Å²) < 4.78 is 26.6. The maximum Gasteiger partial charge on any atom is 0.255 e. The van der Waals surface area contributed by atoms with E-state index in [9.17, 15) is 18.0 Å². The molecule has 0 aromatic heterocycles. The van der Waals surface area contributed by atoms with E-state index in [1.54, 1.807) is 48.5 Å². The Morgan fingerprint density at radius 2 is 1.50 bits per heavy atom. The molecule has 2 amide bonds. The Morgan fingerprint density at radius 1 is 0.861 bits per heavy atom. The SMILES string of the molecule is CCCCNC(=O)c1ccccc1NC(=O)c1ccc(CN(c2c(C)cccc2C)S(C)(=O)=O)cc1. The van der Waals surface area contributed by atoms with E-state index in [4.69, 9.17) is 0 Å². The molecule has 3 aromatic carbocycles. The second-order valence-corrected chi connectivity index (χ2v) is 10.7. The van der Waals surface area contributed by atoms with Crippen LogP contribution in [0.5, 0.6) is 0 Å². The van der Waals surface area contributed by atoms with Gasteiger partial charge in [-0.1, -0.05) is 55.8 Å². The summed E-state index contributed by atoms with van der Waals surface area (Å²) >= 11 is 0. The molecule has 0 unspecified atom stereocenters. The number of carbonyl (C=O) groups is 2. The smallest absolute Gasteiger partial charge is 0.255 e. The third kappa shape index (κ3) is 6.73. The van der Waals surface area contributed by atoms with E-state index >= 15 is 0 Å². The molecule has 0 atom stereocenters. The molecule has 0 saturated carbocycles. The fraction of sp³-hybridized carbons (Fsp3) is 0.286. The Bertz CT molecular complexity index is 1310. The number of aryl methyl sites for hydroxylation is 2. The lowest BCUT2D eigenvalue weighted by molar-refractivity contribution is 0.0954. The van der Waals surface area contributed by atoms with Crippen LogP contribution in [0.3, 0.4) is 0 Å². The lowest BCUT2D eigenvalue weighted by Crippen LogP contribution is -2.30. The van der Waals surface area contributed by atoms with Crippen LogP contribution >= 0.6 is 0 Å². The zero-order valence-electron chi connectivity index (χ0n) is 21.2. The van der Waals surface area contributed by atoms with E-state index in [1.165, 1.54) is 10.6 Å². The van der Waals surface area contributed by atoms with Gasteiger partial charge < -0.3 is 10.6 Å². The fourth-order valence-electron chi connectivity index (χ4n) is 3.95. The number of nitrogens with zero attached hydrogens (tertiary/aromatic N) is 1. The highest BCUT2D eigenvalue weighted by Gasteiger charge is 2.22. The molecule has 3 aromatic rings. The molecule has 190 valence electrons. The summed E-state index contributed by atoms with van der Waals surface area (Å²) in [5, 5.41) is 5.69. The van der Waals surface area contributed by atoms with Crippen molar-refractivity contribution in [1.29, 1.82) is 0 Å². The van der Waals surface area contributed by atoms with Crippen molar-refractivity contribution >= 4 is 33.2 Å². The summed E-state index contributed by atoms with van der Waals surface area (Å²) in [5.41, 5.74) is 4.38. The molecule has 0 bridgehead atoms. The lowest BCUT2D eigenvalue weighted by Gasteiger charge is -2.26. The van der Waals surface area contributed by atoms with Gasteiger partial charge in [0.15, 0.2) is 0 Å². The van der Waals surface area contributed by atoms with Crippen LogP contribution in [0.4, 0.5) is 11.4 Å². The Balaban J connectivity index is 1.77. The second-order valence-electron chi connectivity index (χ2n) is 8.82. The monoisotopic (exact) mass is 507 g/mol. The van der Waals surface area contributed by atoms with Crippen LogP contribution in [0, 0.1) is 13.8 Å². The summed E-state index contributed by atoms with van der Waals surface area (Å²) in [6.07, 6.45) is 3.05. The van der Waals surface area contributed by atoms with Crippen molar-refractivity contribution in [1.82, 2.24) is 5.32 Å². The molecule has 0 aliphatic heterocycles. The van der Waals surface area contributed by atoms with Gasteiger partial charge in [0.1, 0.15) is 0 Å². The van der Waals surface area contributed by atoms with Gasteiger partial charge in [0.05, 0.1) is 29.7 Å². The van der Waals surface area contributed by atoms with Crippen molar-refractivity contribution < 1.29 is 18.0 Å². The molecule has 0 saturated heterocycles. The number of carbonyl (C=O) groups excluding carboxylic acids is 2. The van der Waals surface area contributed by atoms with Crippen LogP contribution in [0.15, 0.2) is 66.7 Å². The van der Waals surface area contributed by atoms with Gasteiger partial charge in [-0.25, -0.2) is 8.42 Å². The molecule has 0 radical (unpaired) electrons. The van der Waals surface area contributed by atoms with Crippen LogP contribution in [0.1, 0.15) is 57.2 Å². The summed E-state index contributed by atoms with van der Waals surface area (Å²) in [6, 6.07) is 19.3. The maximum absolute atomic E-state index is 12.9. The van der Waals surface area contributed by atoms with Crippen molar-refractivity contribution in [3.05, 3.63) is 94.5 Å². The van der Waals surface area contributed by atoms with Crippen molar-refractivity contribution in [3.63, 3.8) is 0 Å². The average molecular weight is 508 g/mol. The molecule has 0 spiro atoms. The molecule has 8 heteroatoms. The minimum Gasteiger partial charge on any atom is -0.352 e. The summed E-state index contributed by atoms with van der Waals surface area (Å²) in [7, 11) is -3.53. The van der Waals surface area contributed by atoms with Crippen molar-refractivity contribution in [3.8, 4) is 0 Å². The highest BCUT2D eigenvalue weighted by Crippen LogP contribution is 2.28. The first-order chi connectivity index (χ1) is 17.1.